The van der Waals surface area contributed by atoms with Crippen molar-refractivity contribution in [2.45, 2.75) is 13.1 Å². The van der Waals surface area contributed by atoms with Crippen molar-refractivity contribution in [3.05, 3.63) is 52.0 Å². The molecule has 4 heterocycles. The minimum atomic E-state index is -4.46. The van der Waals surface area contributed by atoms with Crippen LogP contribution < -0.4 is 10.8 Å². The number of pyridine rings is 1. The number of hydrogen-bond donors (Lipinski definition) is 3. The predicted octanol–water partition coefficient (Wildman–Crippen LogP) is 4.71. The maximum atomic E-state index is 13.1. The summed E-state index contributed by atoms with van der Waals surface area (Å²) < 4.78 is 40.6. The fraction of sp³-hybridized carbons (Fsp3) is 0.118. The number of alkyl halides is 3. The van der Waals surface area contributed by atoms with Gasteiger partial charge in [-0.05, 0) is 31.2 Å². The highest BCUT2D eigenvalue weighted by molar-refractivity contribution is 7.18. The van der Waals surface area contributed by atoms with E-state index in [1.54, 1.807) is 29.9 Å². The number of carbonyl (C=O) groups excluding carboxylic acids is 1. The number of carbonyl (C=O) groups is 1. The summed E-state index contributed by atoms with van der Waals surface area (Å²) >= 11 is 2.38. The molecule has 0 aromatic carbocycles. The van der Waals surface area contributed by atoms with Crippen molar-refractivity contribution in [2.24, 2.45) is 0 Å². The van der Waals surface area contributed by atoms with Crippen molar-refractivity contribution in [1.82, 2.24) is 19.8 Å². The highest BCUT2D eigenvalue weighted by atomic mass is 32.1. The van der Waals surface area contributed by atoms with Crippen LogP contribution in [0.25, 0.3) is 17.0 Å². The highest BCUT2D eigenvalue weighted by Gasteiger charge is 2.31. The lowest BCUT2D eigenvalue weighted by atomic mass is 10.2. The van der Waals surface area contributed by atoms with Crippen LogP contribution in [0, 0.1) is 6.92 Å². The summed E-state index contributed by atoms with van der Waals surface area (Å²) in [4.78, 5) is 20.5. The summed E-state index contributed by atoms with van der Waals surface area (Å²) in [5.74, 6) is -0.621. The number of imidazole rings is 1. The summed E-state index contributed by atoms with van der Waals surface area (Å²) in [5, 5.41) is 14.6. The number of anilines is 2. The lowest BCUT2D eigenvalue weighted by Gasteiger charge is -2.07. The Morgan fingerprint density at radius 2 is 2.00 bits per heavy atom. The lowest BCUT2D eigenvalue weighted by Crippen LogP contribution is -2.16. The molecule has 4 rings (SSSR count). The van der Waals surface area contributed by atoms with E-state index in [-0.39, 0.29) is 0 Å². The molecule has 0 spiro atoms. The van der Waals surface area contributed by atoms with Crippen LogP contribution in [0.15, 0.2) is 35.8 Å². The third-order valence-electron chi connectivity index (χ3n) is 4.03. The molecule has 3 N–H and O–H groups in total. The number of rotatable bonds is 4. The molecule has 0 atom stereocenters. The Morgan fingerprint density at radius 3 is 2.72 bits per heavy atom. The van der Waals surface area contributed by atoms with Crippen molar-refractivity contribution >= 4 is 44.4 Å². The summed E-state index contributed by atoms with van der Waals surface area (Å²) in [6.45, 7) is 1.71. The van der Waals surface area contributed by atoms with E-state index in [1.807, 2.05) is 0 Å². The number of nitrogens with one attached hydrogen (secondary N) is 2. The molecule has 0 aliphatic heterocycles. The summed E-state index contributed by atoms with van der Waals surface area (Å²) in [7, 11) is 0. The first-order chi connectivity index (χ1) is 13.8. The van der Waals surface area contributed by atoms with Gasteiger partial charge < -0.3 is 5.32 Å². The molecule has 0 aliphatic carbocycles. The second kappa shape index (κ2) is 7.13. The van der Waals surface area contributed by atoms with Crippen LogP contribution >= 0.6 is 22.7 Å². The summed E-state index contributed by atoms with van der Waals surface area (Å²) in [6.07, 6.45) is -3.45. The molecule has 12 heteroatoms. The van der Waals surface area contributed by atoms with E-state index < -0.39 is 17.6 Å². The SMILES string of the molecule is Cc1nc2ccc(C(F)(F)F)cn2c1-c1csc(Nc2ccc(C(=O)NO)s2)n1. The van der Waals surface area contributed by atoms with Gasteiger partial charge >= 0.3 is 6.18 Å². The fourth-order valence-corrected chi connectivity index (χ4v) is 4.33. The molecule has 0 fully saturated rings. The first-order valence-corrected chi connectivity index (χ1v) is 9.79. The lowest BCUT2D eigenvalue weighted by molar-refractivity contribution is -0.137. The number of fused-ring (bicyclic) bond motifs is 1. The zero-order chi connectivity index (χ0) is 20.8. The third-order valence-corrected chi connectivity index (χ3v) is 5.79. The summed E-state index contributed by atoms with van der Waals surface area (Å²) in [5.41, 5.74) is 2.69. The normalized spacial score (nSPS) is 11.8. The van der Waals surface area contributed by atoms with E-state index in [2.05, 4.69) is 15.3 Å². The van der Waals surface area contributed by atoms with Gasteiger partial charge in [-0.15, -0.1) is 22.7 Å². The number of hydrogen-bond acceptors (Lipinski definition) is 7. The second-order valence-electron chi connectivity index (χ2n) is 5.96. The molecule has 0 aliphatic rings. The predicted molar refractivity (Wildman–Crippen MR) is 103 cm³/mol. The molecule has 0 bridgehead atoms. The molecule has 4 aromatic heterocycles. The van der Waals surface area contributed by atoms with E-state index in [4.69, 9.17) is 5.21 Å². The zero-order valence-electron chi connectivity index (χ0n) is 14.6. The molecule has 0 saturated heterocycles. The number of amides is 1. The highest BCUT2D eigenvalue weighted by Crippen LogP contribution is 2.34. The number of hydroxylamine groups is 1. The molecule has 1 amide bonds. The Kier molecular flexibility index (Phi) is 4.76. The van der Waals surface area contributed by atoms with Gasteiger partial charge in [-0.25, -0.2) is 15.4 Å². The van der Waals surface area contributed by atoms with Gasteiger partial charge in [0.2, 0.25) is 0 Å². The van der Waals surface area contributed by atoms with Gasteiger partial charge in [0.15, 0.2) is 5.13 Å². The van der Waals surface area contributed by atoms with Gasteiger partial charge in [-0.1, -0.05) is 0 Å². The number of thiazole rings is 1. The first-order valence-electron chi connectivity index (χ1n) is 8.09. The number of nitrogens with zero attached hydrogens (tertiary/aromatic N) is 3. The largest absolute Gasteiger partial charge is 0.417 e. The molecule has 7 nitrogen and oxygen atoms in total. The van der Waals surface area contributed by atoms with E-state index in [0.29, 0.717) is 37.7 Å². The van der Waals surface area contributed by atoms with Gasteiger partial charge in [0.25, 0.3) is 5.91 Å². The Morgan fingerprint density at radius 1 is 1.21 bits per heavy atom. The first kappa shape index (κ1) is 19.4. The Hall–Kier alpha value is -2.96. The molecule has 150 valence electrons. The molecular formula is C17H12F3N5O2S2. The number of halogens is 3. The van der Waals surface area contributed by atoms with Crippen LogP contribution in [0.4, 0.5) is 23.3 Å². The molecular weight excluding hydrogens is 427 g/mol. The average Bonchev–Trinajstić information content (AvgIpc) is 3.38. The van der Waals surface area contributed by atoms with Crippen LogP contribution in [0.3, 0.4) is 0 Å². The zero-order valence-corrected chi connectivity index (χ0v) is 16.2. The van der Waals surface area contributed by atoms with Crippen LogP contribution in [0.1, 0.15) is 20.9 Å². The van der Waals surface area contributed by atoms with E-state index in [1.165, 1.54) is 21.8 Å². The Bertz CT molecular complexity index is 1210. The van der Waals surface area contributed by atoms with Gasteiger partial charge in [0.1, 0.15) is 11.3 Å². The molecule has 0 unspecified atom stereocenters. The molecule has 0 radical (unpaired) electrons. The number of aromatic nitrogens is 3. The van der Waals surface area contributed by atoms with E-state index in [9.17, 15) is 18.0 Å². The van der Waals surface area contributed by atoms with Crippen LogP contribution in [-0.2, 0) is 6.18 Å². The second-order valence-corrected chi connectivity index (χ2v) is 7.90. The minimum Gasteiger partial charge on any atom is -0.323 e. The van der Waals surface area contributed by atoms with Gasteiger partial charge in [0, 0.05) is 11.6 Å². The van der Waals surface area contributed by atoms with Gasteiger partial charge in [-0.2, -0.15) is 13.2 Å². The summed E-state index contributed by atoms with van der Waals surface area (Å²) in [6, 6.07) is 5.52. The fourth-order valence-electron chi connectivity index (χ4n) is 2.77. The maximum absolute atomic E-state index is 13.1. The van der Waals surface area contributed by atoms with E-state index in [0.717, 1.165) is 23.6 Å². The van der Waals surface area contributed by atoms with Crippen molar-refractivity contribution in [1.29, 1.82) is 0 Å². The maximum Gasteiger partial charge on any atom is 0.417 e. The topological polar surface area (TPSA) is 91.5 Å². The average molecular weight is 439 g/mol. The standard InChI is InChI=1S/C17H12F3N5O2S2/c1-8-14(25-6-9(17(18,19)20)2-4-12(25)21-8)10-7-28-16(22-10)23-13-5-3-11(29-13)15(26)24-27/h2-7,27H,1H3,(H,22,23)(H,24,26). The van der Waals surface area contributed by atoms with Crippen LogP contribution in [0.2, 0.25) is 0 Å². The molecule has 0 saturated carbocycles. The van der Waals surface area contributed by atoms with Crippen molar-refractivity contribution in [2.75, 3.05) is 5.32 Å². The van der Waals surface area contributed by atoms with Crippen LogP contribution in [-0.4, -0.2) is 25.5 Å². The number of thiophene rings is 1. The monoisotopic (exact) mass is 439 g/mol. The van der Waals surface area contributed by atoms with Crippen molar-refractivity contribution in [3.8, 4) is 11.4 Å². The Balaban J connectivity index is 1.67. The smallest absolute Gasteiger partial charge is 0.323 e. The quantitative estimate of drug-likeness (QED) is 0.316. The van der Waals surface area contributed by atoms with Crippen LogP contribution in [0.5, 0.6) is 0 Å². The van der Waals surface area contributed by atoms with E-state index >= 15 is 0 Å². The molecule has 4 aromatic rings. The van der Waals surface area contributed by atoms with Gasteiger partial charge in [0.05, 0.1) is 26.8 Å². The van der Waals surface area contributed by atoms with Crippen molar-refractivity contribution in [3.63, 3.8) is 0 Å². The molecule has 29 heavy (non-hydrogen) atoms. The minimum absolute atomic E-state index is 0.309. The Labute approximate surface area is 169 Å². The third kappa shape index (κ3) is 3.69. The van der Waals surface area contributed by atoms with Crippen molar-refractivity contribution < 1.29 is 23.2 Å². The number of aryl methyl sites for hydroxylation is 1. The van der Waals surface area contributed by atoms with Gasteiger partial charge in [-0.3, -0.25) is 14.4 Å².